The number of nitrogens with one attached hydrogen (secondary N) is 2. The SMILES string of the molecule is CCOc1ccc(C(=O)NNc2cc(CC)nc(-c3ccccn3)n2)cc1. The van der Waals surface area contributed by atoms with E-state index in [0.717, 1.165) is 17.9 Å². The van der Waals surface area contributed by atoms with E-state index in [0.29, 0.717) is 29.5 Å². The average molecular weight is 363 g/mol. The molecular formula is C20H21N5O2. The molecule has 1 aromatic carbocycles. The maximum atomic E-state index is 12.3. The third-order valence-electron chi connectivity index (χ3n) is 3.77. The van der Waals surface area contributed by atoms with Gasteiger partial charge in [-0.1, -0.05) is 13.0 Å². The van der Waals surface area contributed by atoms with Gasteiger partial charge in [-0.2, -0.15) is 0 Å². The van der Waals surface area contributed by atoms with E-state index >= 15 is 0 Å². The van der Waals surface area contributed by atoms with Crippen molar-refractivity contribution in [3.05, 3.63) is 66.0 Å². The van der Waals surface area contributed by atoms with Crippen molar-refractivity contribution in [2.75, 3.05) is 12.0 Å². The molecule has 0 spiro atoms. The summed E-state index contributed by atoms with van der Waals surface area (Å²) in [6, 6.07) is 14.3. The number of aryl methyl sites for hydroxylation is 1. The molecule has 0 aliphatic carbocycles. The fourth-order valence-electron chi connectivity index (χ4n) is 2.41. The second-order valence-electron chi connectivity index (χ2n) is 5.67. The molecule has 2 aromatic heterocycles. The van der Waals surface area contributed by atoms with Crippen LogP contribution in [0.4, 0.5) is 5.82 Å². The lowest BCUT2D eigenvalue weighted by molar-refractivity contribution is 0.0962. The largest absolute Gasteiger partial charge is 0.494 e. The van der Waals surface area contributed by atoms with Crippen molar-refractivity contribution < 1.29 is 9.53 Å². The van der Waals surface area contributed by atoms with Crippen molar-refractivity contribution >= 4 is 11.7 Å². The molecule has 7 heteroatoms. The molecule has 0 aliphatic rings. The van der Waals surface area contributed by atoms with Crippen LogP contribution in [0.2, 0.25) is 0 Å². The Balaban J connectivity index is 1.72. The van der Waals surface area contributed by atoms with Gasteiger partial charge in [0.1, 0.15) is 17.3 Å². The molecule has 0 saturated heterocycles. The highest BCUT2D eigenvalue weighted by atomic mass is 16.5. The molecule has 3 rings (SSSR count). The Kier molecular flexibility index (Phi) is 5.94. The molecule has 0 atom stereocenters. The normalized spacial score (nSPS) is 10.3. The molecule has 2 N–H and O–H groups in total. The fourth-order valence-corrected chi connectivity index (χ4v) is 2.41. The van der Waals surface area contributed by atoms with Gasteiger partial charge in [-0.25, -0.2) is 9.97 Å². The van der Waals surface area contributed by atoms with Crippen molar-refractivity contribution in [3.63, 3.8) is 0 Å². The number of ether oxygens (including phenoxy) is 1. The number of carbonyl (C=O) groups excluding carboxylic acids is 1. The van der Waals surface area contributed by atoms with Gasteiger partial charge >= 0.3 is 0 Å². The minimum absolute atomic E-state index is 0.269. The van der Waals surface area contributed by atoms with Crippen molar-refractivity contribution in [3.8, 4) is 17.3 Å². The van der Waals surface area contributed by atoms with Crippen LogP contribution in [0.3, 0.4) is 0 Å². The average Bonchev–Trinajstić information content (AvgIpc) is 2.73. The van der Waals surface area contributed by atoms with Crippen LogP contribution in [-0.2, 0) is 6.42 Å². The van der Waals surface area contributed by atoms with Crippen LogP contribution in [0.5, 0.6) is 5.75 Å². The quantitative estimate of drug-likeness (QED) is 0.627. The van der Waals surface area contributed by atoms with Gasteiger partial charge in [0.15, 0.2) is 5.82 Å². The number of hydrazine groups is 1. The number of pyridine rings is 1. The maximum Gasteiger partial charge on any atom is 0.269 e. The molecule has 0 fully saturated rings. The first-order valence-electron chi connectivity index (χ1n) is 8.78. The van der Waals surface area contributed by atoms with E-state index in [2.05, 4.69) is 25.8 Å². The highest BCUT2D eigenvalue weighted by Crippen LogP contribution is 2.16. The third kappa shape index (κ3) is 4.78. The molecular weight excluding hydrogens is 342 g/mol. The number of aromatic nitrogens is 3. The van der Waals surface area contributed by atoms with Gasteiger partial charge in [-0.15, -0.1) is 0 Å². The smallest absolute Gasteiger partial charge is 0.269 e. The Labute approximate surface area is 157 Å². The highest BCUT2D eigenvalue weighted by Gasteiger charge is 2.09. The van der Waals surface area contributed by atoms with Gasteiger partial charge in [0.25, 0.3) is 5.91 Å². The Bertz CT molecular complexity index is 898. The minimum Gasteiger partial charge on any atom is -0.494 e. The molecule has 1 amide bonds. The van der Waals surface area contributed by atoms with Crippen molar-refractivity contribution in [1.82, 2.24) is 20.4 Å². The zero-order chi connectivity index (χ0) is 19.1. The van der Waals surface area contributed by atoms with Crippen LogP contribution in [0.1, 0.15) is 29.9 Å². The van der Waals surface area contributed by atoms with Crippen molar-refractivity contribution in [1.29, 1.82) is 0 Å². The van der Waals surface area contributed by atoms with Gasteiger partial charge < -0.3 is 4.74 Å². The number of amides is 1. The van der Waals surface area contributed by atoms with E-state index in [4.69, 9.17) is 4.74 Å². The Morgan fingerprint density at radius 2 is 1.89 bits per heavy atom. The summed E-state index contributed by atoms with van der Waals surface area (Å²) in [5.41, 5.74) is 7.55. The summed E-state index contributed by atoms with van der Waals surface area (Å²) in [7, 11) is 0. The first-order valence-corrected chi connectivity index (χ1v) is 8.78. The molecule has 138 valence electrons. The molecule has 0 saturated carbocycles. The molecule has 0 aliphatic heterocycles. The predicted molar refractivity (Wildman–Crippen MR) is 103 cm³/mol. The Morgan fingerprint density at radius 1 is 1.07 bits per heavy atom. The van der Waals surface area contributed by atoms with Crippen molar-refractivity contribution in [2.45, 2.75) is 20.3 Å². The topological polar surface area (TPSA) is 89.0 Å². The van der Waals surface area contributed by atoms with Gasteiger partial charge in [0.2, 0.25) is 0 Å². The summed E-state index contributed by atoms with van der Waals surface area (Å²) < 4.78 is 5.38. The van der Waals surface area contributed by atoms with E-state index < -0.39 is 0 Å². The summed E-state index contributed by atoms with van der Waals surface area (Å²) in [6.07, 6.45) is 2.43. The van der Waals surface area contributed by atoms with Crippen molar-refractivity contribution in [2.24, 2.45) is 0 Å². The molecule has 27 heavy (non-hydrogen) atoms. The minimum atomic E-state index is -0.269. The number of hydrogen-bond acceptors (Lipinski definition) is 6. The summed E-state index contributed by atoms with van der Waals surface area (Å²) in [6.45, 7) is 4.50. The zero-order valence-corrected chi connectivity index (χ0v) is 15.3. The highest BCUT2D eigenvalue weighted by molar-refractivity contribution is 5.94. The number of nitrogens with zero attached hydrogens (tertiary/aromatic N) is 3. The zero-order valence-electron chi connectivity index (χ0n) is 15.3. The molecule has 2 heterocycles. The standard InChI is InChI=1S/C20H21N5O2/c1-3-15-13-18(23-19(22-15)17-7-5-6-12-21-17)24-25-20(26)14-8-10-16(11-9-14)27-4-2/h5-13H,3-4H2,1-2H3,(H,25,26)(H,22,23,24). The van der Waals surface area contributed by atoms with E-state index in [9.17, 15) is 4.79 Å². The molecule has 0 bridgehead atoms. The van der Waals surface area contributed by atoms with Crippen LogP contribution >= 0.6 is 0 Å². The van der Waals surface area contributed by atoms with Gasteiger partial charge in [-0.05, 0) is 49.7 Å². The van der Waals surface area contributed by atoms with E-state index in [1.165, 1.54) is 0 Å². The number of anilines is 1. The lowest BCUT2D eigenvalue weighted by Gasteiger charge is -2.11. The van der Waals surface area contributed by atoms with Gasteiger partial charge in [0.05, 0.1) is 6.61 Å². The monoisotopic (exact) mass is 363 g/mol. The summed E-state index contributed by atoms with van der Waals surface area (Å²) >= 11 is 0. The number of rotatable bonds is 7. The van der Waals surface area contributed by atoms with Gasteiger partial charge in [0, 0.05) is 23.5 Å². The first kappa shape index (κ1) is 18.3. The number of carbonyl (C=O) groups is 1. The molecule has 0 unspecified atom stereocenters. The van der Waals surface area contributed by atoms with Crippen LogP contribution < -0.4 is 15.6 Å². The van der Waals surface area contributed by atoms with Crippen LogP contribution in [0.15, 0.2) is 54.7 Å². The van der Waals surface area contributed by atoms with Crippen LogP contribution in [0.25, 0.3) is 11.5 Å². The molecule has 7 nitrogen and oxygen atoms in total. The van der Waals surface area contributed by atoms with E-state index in [1.807, 2.05) is 32.0 Å². The van der Waals surface area contributed by atoms with E-state index in [1.54, 1.807) is 36.5 Å². The lowest BCUT2D eigenvalue weighted by atomic mass is 10.2. The number of benzene rings is 1. The lowest BCUT2D eigenvalue weighted by Crippen LogP contribution is -2.30. The van der Waals surface area contributed by atoms with Crippen LogP contribution in [-0.4, -0.2) is 27.5 Å². The summed E-state index contributed by atoms with van der Waals surface area (Å²) in [5.74, 6) is 1.47. The third-order valence-corrected chi connectivity index (χ3v) is 3.77. The predicted octanol–water partition coefficient (Wildman–Crippen LogP) is 3.26. The van der Waals surface area contributed by atoms with E-state index in [-0.39, 0.29) is 5.91 Å². The Hall–Kier alpha value is -3.48. The summed E-state index contributed by atoms with van der Waals surface area (Å²) in [5, 5.41) is 0. The Morgan fingerprint density at radius 3 is 2.56 bits per heavy atom. The first-order chi connectivity index (χ1) is 13.2. The second-order valence-corrected chi connectivity index (χ2v) is 5.67. The second kappa shape index (κ2) is 8.75. The molecule has 0 radical (unpaired) electrons. The summed E-state index contributed by atoms with van der Waals surface area (Å²) in [4.78, 5) is 25.5. The number of hydrogen-bond donors (Lipinski definition) is 2. The maximum absolute atomic E-state index is 12.3. The van der Waals surface area contributed by atoms with Crippen LogP contribution in [0, 0.1) is 0 Å². The fraction of sp³-hybridized carbons (Fsp3) is 0.200. The van der Waals surface area contributed by atoms with Gasteiger partial charge in [-0.3, -0.25) is 20.6 Å². The molecule has 3 aromatic rings.